The van der Waals surface area contributed by atoms with Gasteiger partial charge in [0, 0.05) is 28.8 Å². The normalized spacial score (nSPS) is 10.5. The molecule has 0 heterocycles. The molecular formula is C21H22ClN3O3. The number of anilines is 1. The fraction of sp³-hybridized carbons (Fsp3) is 0.190. The van der Waals surface area contributed by atoms with Gasteiger partial charge in [-0.2, -0.15) is 0 Å². The number of halogens is 1. The number of hydrogen-bond acceptors (Lipinski definition) is 3. The average molecular weight is 400 g/mol. The predicted molar refractivity (Wildman–Crippen MR) is 111 cm³/mol. The highest BCUT2D eigenvalue weighted by molar-refractivity contribution is 6.32. The van der Waals surface area contributed by atoms with E-state index < -0.39 is 11.8 Å². The molecule has 0 fully saturated rings. The third-order valence-corrected chi connectivity index (χ3v) is 4.15. The molecular weight excluding hydrogens is 378 g/mol. The largest absolute Gasteiger partial charge is 0.326 e. The van der Waals surface area contributed by atoms with Crippen molar-refractivity contribution in [2.24, 2.45) is 0 Å². The Labute approximate surface area is 168 Å². The zero-order chi connectivity index (χ0) is 20.4. The highest BCUT2D eigenvalue weighted by atomic mass is 35.5. The van der Waals surface area contributed by atoms with Crippen molar-refractivity contribution >= 4 is 41.1 Å². The zero-order valence-corrected chi connectivity index (χ0v) is 16.3. The molecule has 0 saturated carbocycles. The van der Waals surface area contributed by atoms with E-state index in [-0.39, 0.29) is 5.91 Å². The van der Waals surface area contributed by atoms with Gasteiger partial charge in [0.2, 0.25) is 5.91 Å². The Hall–Kier alpha value is -3.12. The zero-order valence-electron chi connectivity index (χ0n) is 15.5. The number of nitrogens with one attached hydrogen (secondary N) is 3. The number of amides is 3. The molecule has 2 aromatic rings. The van der Waals surface area contributed by atoms with Crippen LogP contribution in [0.4, 0.5) is 5.69 Å². The average Bonchev–Trinajstić information content (AvgIpc) is 2.70. The number of hydrazine groups is 1. The van der Waals surface area contributed by atoms with E-state index in [1.54, 1.807) is 54.6 Å². The van der Waals surface area contributed by atoms with Crippen LogP contribution >= 0.6 is 11.6 Å². The summed E-state index contributed by atoms with van der Waals surface area (Å²) in [4.78, 5) is 35.6. The summed E-state index contributed by atoms with van der Waals surface area (Å²) in [5.74, 6) is -1.02. The van der Waals surface area contributed by atoms with Crippen LogP contribution in [0.5, 0.6) is 0 Å². The SMILES string of the molecule is CCCCC(=O)Nc1ccc(C(=O)NNC(=O)C=Cc2ccccc2Cl)cc1. The molecule has 0 aliphatic carbocycles. The van der Waals surface area contributed by atoms with Gasteiger partial charge in [-0.05, 0) is 48.4 Å². The molecule has 0 radical (unpaired) electrons. The summed E-state index contributed by atoms with van der Waals surface area (Å²) in [6, 6.07) is 13.5. The van der Waals surface area contributed by atoms with Crippen molar-refractivity contribution in [3.05, 3.63) is 70.8 Å². The van der Waals surface area contributed by atoms with Crippen LogP contribution in [0.1, 0.15) is 42.1 Å². The van der Waals surface area contributed by atoms with Crippen LogP contribution in [-0.4, -0.2) is 17.7 Å². The maximum Gasteiger partial charge on any atom is 0.269 e. The van der Waals surface area contributed by atoms with Gasteiger partial charge >= 0.3 is 0 Å². The first kappa shape index (κ1) is 21.2. The summed E-state index contributed by atoms with van der Waals surface area (Å²) in [6.07, 6.45) is 5.07. The molecule has 2 rings (SSSR count). The monoisotopic (exact) mass is 399 g/mol. The molecule has 0 spiro atoms. The molecule has 0 unspecified atom stereocenters. The van der Waals surface area contributed by atoms with E-state index >= 15 is 0 Å². The molecule has 0 aromatic heterocycles. The minimum atomic E-state index is -0.493. The fourth-order valence-electron chi connectivity index (χ4n) is 2.27. The lowest BCUT2D eigenvalue weighted by atomic mass is 10.2. The number of hydrogen-bond donors (Lipinski definition) is 3. The minimum Gasteiger partial charge on any atom is -0.326 e. The van der Waals surface area contributed by atoms with E-state index in [1.807, 2.05) is 6.92 Å². The molecule has 0 bridgehead atoms. The van der Waals surface area contributed by atoms with Crippen molar-refractivity contribution in [3.8, 4) is 0 Å². The van der Waals surface area contributed by atoms with E-state index in [0.717, 1.165) is 12.8 Å². The number of carbonyl (C=O) groups excluding carboxylic acids is 3. The maximum absolute atomic E-state index is 12.1. The van der Waals surface area contributed by atoms with Crippen LogP contribution in [0.15, 0.2) is 54.6 Å². The summed E-state index contributed by atoms with van der Waals surface area (Å²) < 4.78 is 0. The number of benzene rings is 2. The smallest absolute Gasteiger partial charge is 0.269 e. The second-order valence-electron chi connectivity index (χ2n) is 6.03. The Morgan fingerprint density at radius 3 is 2.39 bits per heavy atom. The van der Waals surface area contributed by atoms with E-state index in [1.165, 1.54) is 6.08 Å². The van der Waals surface area contributed by atoms with Gasteiger partial charge in [0.15, 0.2) is 0 Å². The third kappa shape index (κ3) is 6.89. The summed E-state index contributed by atoms with van der Waals surface area (Å²) in [6.45, 7) is 2.02. The van der Waals surface area contributed by atoms with Gasteiger partial charge < -0.3 is 5.32 Å². The van der Waals surface area contributed by atoms with Gasteiger partial charge in [0.1, 0.15) is 0 Å². The van der Waals surface area contributed by atoms with Gasteiger partial charge in [0.05, 0.1) is 0 Å². The highest BCUT2D eigenvalue weighted by Crippen LogP contribution is 2.16. The fourth-order valence-corrected chi connectivity index (χ4v) is 2.47. The van der Waals surface area contributed by atoms with E-state index in [2.05, 4.69) is 16.2 Å². The van der Waals surface area contributed by atoms with Gasteiger partial charge in [-0.3, -0.25) is 25.2 Å². The number of carbonyl (C=O) groups is 3. The Kier molecular flexibility index (Phi) is 8.24. The molecule has 0 aliphatic heterocycles. The molecule has 2 aromatic carbocycles. The van der Waals surface area contributed by atoms with Crippen molar-refractivity contribution < 1.29 is 14.4 Å². The predicted octanol–water partition coefficient (Wildman–Crippen LogP) is 3.94. The minimum absolute atomic E-state index is 0.0587. The Bertz CT molecular complexity index is 863. The van der Waals surface area contributed by atoms with Crippen LogP contribution in [0.3, 0.4) is 0 Å². The van der Waals surface area contributed by atoms with Gasteiger partial charge in [0.25, 0.3) is 11.8 Å². The summed E-state index contributed by atoms with van der Waals surface area (Å²) in [5.41, 5.74) is 6.29. The van der Waals surface area contributed by atoms with Gasteiger partial charge in [-0.25, -0.2) is 0 Å². The Balaban J connectivity index is 1.83. The van der Waals surface area contributed by atoms with Crippen LogP contribution in [0.25, 0.3) is 6.08 Å². The molecule has 0 saturated heterocycles. The first-order chi connectivity index (χ1) is 13.5. The lowest BCUT2D eigenvalue weighted by Crippen LogP contribution is -2.40. The van der Waals surface area contributed by atoms with E-state index in [9.17, 15) is 14.4 Å². The number of unbranched alkanes of at least 4 members (excludes halogenated alkanes) is 1. The summed E-state index contributed by atoms with van der Waals surface area (Å²) >= 11 is 6.01. The molecule has 3 N–H and O–H groups in total. The van der Waals surface area contributed by atoms with Crippen LogP contribution in [-0.2, 0) is 9.59 Å². The van der Waals surface area contributed by atoms with Crippen LogP contribution < -0.4 is 16.2 Å². The lowest BCUT2D eigenvalue weighted by molar-refractivity contribution is -0.117. The molecule has 0 atom stereocenters. The second-order valence-corrected chi connectivity index (χ2v) is 6.43. The molecule has 3 amide bonds. The van der Waals surface area contributed by atoms with E-state index in [4.69, 9.17) is 11.6 Å². The van der Waals surface area contributed by atoms with E-state index in [0.29, 0.717) is 28.3 Å². The Morgan fingerprint density at radius 1 is 1.00 bits per heavy atom. The third-order valence-electron chi connectivity index (χ3n) is 3.81. The molecule has 7 heteroatoms. The van der Waals surface area contributed by atoms with Crippen molar-refractivity contribution in [1.82, 2.24) is 10.9 Å². The van der Waals surface area contributed by atoms with Crippen molar-refractivity contribution in [2.75, 3.05) is 5.32 Å². The van der Waals surface area contributed by atoms with Crippen molar-refractivity contribution in [1.29, 1.82) is 0 Å². The van der Waals surface area contributed by atoms with Crippen molar-refractivity contribution in [3.63, 3.8) is 0 Å². The highest BCUT2D eigenvalue weighted by Gasteiger charge is 2.07. The van der Waals surface area contributed by atoms with Crippen molar-refractivity contribution in [2.45, 2.75) is 26.2 Å². The first-order valence-electron chi connectivity index (χ1n) is 8.92. The standard InChI is InChI=1S/C21H22ClN3O3/c1-2-3-8-19(26)23-17-12-9-16(10-13-17)21(28)25-24-20(27)14-11-15-6-4-5-7-18(15)22/h4-7,9-14H,2-3,8H2,1H3,(H,23,26)(H,24,27)(H,25,28). The lowest BCUT2D eigenvalue weighted by Gasteiger charge is -2.07. The Morgan fingerprint density at radius 2 is 1.71 bits per heavy atom. The molecule has 0 aliphatic rings. The van der Waals surface area contributed by atoms with Gasteiger partial charge in [-0.1, -0.05) is 43.1 Å². The summed E-state index contributed by atoms with van der Waals surface area (Å²) in [5, 5.41) is 3.30. The second kappa shape index (κ2) is 10.9. The molecule has 146 valence electrons. The topological polar surface area (TPSA) is 87.3 Å². The van der Waals surface area contributed by atoms with Gasteiger partial charge in [-0.15, -0.1) is 0 Å². The molecule has 28 heavy (non-hydrogen) atoms. The van der Waals surface area contributed by atoms with Crippen LogP contribution in [0.2, 0.25) is 5.02 Å². The molecule has 6 nitrogen and oxygen atoms in total. The first-order valence-corrected chi connectivity index (χ1v) is 9.30. The number of rotatable bonds is 7. The quantitative estimate of drug-likeness (QED) is 0.486. The maximum atomic E-state index is 12.1. The summed E-state index contributed by atoms with van der Waals surface area (Å²) in [7, 11) is 0. The van der Waals surface area contributed by atoms with Crippen LogP contribution in [0, 0.1) is 0 Å².